The number of halogens is 1. The van der Waals surface area contributed by atoms with Crippen LogP contribution in [-0.2, 0) is 4.79 Å². The third kappa shape index (κ3) is 4.15. The van der Waals surface area contributed by atoms with E-state index >= 15 is 0 Å². The highest BCUT2D eigenvalue weighted by atomic mass is 35.5. The lowest BCUT2D eigenvalue weighted by molar-refractivity contribution is -0.118. The average molecular weight is 331 g/mol. The molecule has 0 aliphatic heterocycles. The van der Waals surface area contributed by atoms with Crippen molar-refractivity contribution in [3.8, 4) is 17.6 Å². The van der Waals surface area contributed by atoms with Gasteiger partial charge in [-0.3, -0.25) is 4.79 Å². The first kappa shape index (κ1) is 16.7. The number of aryl methyl sites for hydroxylation is 1. The van der Waals surface area contributed by atoms with Gasteiger partial charge in [-0.15, -0.1) is 0 Å². The summed E-state index contributed by atoms with van der Waals surface area (Å²) >= 11 is 6.03. The standard InChI is InChI=1S/C17H15ClN2O3/c1-11-7-14(16(22-2)8-13(11)18)20-17(21)10-23-15-6-4-3-5-12(15)9-19/h3-8H,10H2,1-2H3,(H,20,21). The van der Waals surface area contributed by atoms with Crippen molar-refractivity contribution in [3.63, 3.8) is 0 Å². The molecule has 6 heteroatoms. The van der Waals surface area contributed by atoms with Crippen LogP contribution < -0.4 is 14.8 Å². The highest BCUT2D eigenvalue weighted by Gasteiger charge is 2.11. The number of anilines is 1. The maximum atomic E-state index is 12.0. The largest absolute Gasteiger partial charge is 0.495 e. The lowest BCUT2D eigenvalue weighted by Gasteiger charge is -2.13. The van der Waals surface area contributed by atoms with Crippen molar-refractivity contribution < 1.29 is 14.3 Å². The number of nitrogens with zero attached hydrogens (tertiary/aromatic N) is 1. The molecule has 2 aromatic rings. The average Bonchev–Trinajstić information content (AvgIpc) is 2.56. The van der Waals surface area contributed by atoms with Crippen molar-refractivity contribution >= 4 is 23.2 Å². The molecule has 1 amide bonds. The van der Waals surface area contributed by atoms with Crippen LogP contribution in [0.4, 0.5) is 5.69 Å². The maximum absolute atomic E-state index is 12.0. The van der Waals surface area contributed by atoms with Crippen LogP contribution >= 0.6 is 11.6 Å². The minimum absolute atomic E-state index is 0.219. The summed E-state index contributed by atoms with van der Waals surface area (Å²) in [6.45, 7) is 1.61. The molecule has 0 saturated carbocycles. The van der Waals surface area contributed by atoms with Gasteiger partial charge in [0, 0.05) is 11.1 Å². The molecule has 2 aromatic carbocycles. The number of methoxy groups -OCH3 is 1. The molecule has 0 atom stereocenters. The fraction of sp³-hybridized carbons (Fsp3) is 0.176. The molecule has 0 aromatic heterocycles. The SMILES string of the molecule is COc1cc(Cl)c(C)cc1NC(=O)COc1ccccc1C#N. The van der Waals surface area contributed by atoms with Crippen LogP contribution in [0, 0.1) is 18.3 Å². The Morgan fingerprint density at radius 2 is 2.04 bits per heavy atom. The van der Waals surface area contributed by atoms with Gasteiger partial charge in [-0.25, -0.2) is 0 Å². The lowest BCUT2D eigenvalue weighted by atomic mass is 10.2. The summed E-state index contributed by atoms with van der Waals surface area (Å²) in [4.78, 5) is 12.0. The summed E-state index contributed by atoms with van der Waals surface area (Å²) in [7, 11) is 1.50. The van der Waals surface area contributed by atoms with Crippen molar-refractivity contribution in [2.24, 2.45) is 0 Å². The molecule has 23 heavy (non-hydrogen) atoms. The zero-order valence-electron chi connectivity index (χ0n) is 12.7. The molecule has 0 heterocycles. The summed E-state index contributed by atoms with van der Waals surface area (Å²) in [5.74, 6) is 0.466. The van der Waals surface area contributed by atoms with Gasteiger partial charge in [0.1, 0.15) is 17.6 Å². The molecule has 0 spiro atoms. The quantitative estimate of drug-likeness (QED) is 0.910. The number of benzene rings is 2. The number of ether oxygens (including phenoxy) is 2. The van der Waals surface area contributed by atoms with E-state index < -0.39 is 0 Å². The van der Waals surface area contributed by atoms with Crippen LogP contribution in [0.3, 0.4) is 0 Å². The molecule has 118 valence electrons. The second-order valence-electron chi connectivity index (χ2n) is 4.75. The Morgan fingerprint density at radius 1 is 1.30 bits per heavy atom. The van der Waals surface area contributed by atoms with Gasteiger partial charge in [0.15, 0.2) is 6.61 Å². The van der Waals surface area contributed by atoms with Crippen molar-refractivity contribution in [3.05, 3.63) is 52.5 Å². The van der Waals surface area contributed by atoms with Crippen molar-refractivity contribution in [1.29, 1.82) is 5.26 Å². The first-order chi connectivity index (χ1) is 11.0. The molecule has 0 bridgehead atoms. The topological polar surface area (TPSA) is 71.3 Å². The molecular weight excluding hydrogens is 316 g/mol. The lowest BCUT2D eigenvalue weighted by Crippen LogP contribution is -2.20. The number of hydrogen-bond donors (Lipinski definition) is 1. The van der Waals surface area contributed by atoms with Gasteiger partial charge in [-0.05, 0) is 30.7 Å². The van der Waals surface area contributed by atoms with Crippen molar-refractivity contribution in [2.45, 2.75) is 6.92 Å². The van der Waals surface area contributed by atoms with Crippen LogP contribution in [0.1, 0.15) is 11.1 Å². The molecule has 2 rings (SSSR count). The first-order valence-electron chi connectivity index (χ1n) is 6.81. The number of amides is 1. The number of carbonyl (C=O) groups excluding carboxylic acids is 1. The zero-order valence-corrected chi connectivity index (χ0v) is 13.5. The summed E-state index contributed by atoms with van der Waals surface area (Å²) in [6.07, 6.45) is 0. The van der Waals surface area contributed by atoms with E-state index in [0.717, 1.165) is 5.56 Å². The Morgan fingerprint density at radius 3 is 2.74 bits per heavy atom. The number of rotatable bonds is 5. The molecule has 0 fully saturated rings. The number of nitriles is 1. The normalized spacial score (nSPS) is 9.83. The number of nitrogens with one attached hydrogen (secondary N) is 1. The molecule has 0 radical (unpaired) electrons. The van der Waals surface area contributed by atoms with E-state index in [1.165, 1.54) is 7.11 Å². The van der Waals surface area contributed by atoms with Crippen LogP contribution in [0.2, 0.25) is 5.02 Å². The molecule has 0 unspecified atom stereocenters. The molecular formula is C17H15ClN2O3. The maximum Gasteiger partial charge on any atom is 0.262 e. The van der Waals surface area contributed by atoms with Crippen molar-refractivity contribution in [1.82, 2.24) is 0 Å². The predicted molar refractivity (Wildman–Crippen MR) is 88.0 cm³/mol. The third-order valence-corrected chi connectivity index (χ3v) is 3.53. The minimum atomic E-state index is -0.363. The van der Waals surface area contributed by atoms with E-state index in [0.29, 0.717) is 27.8 Å². The van der Waals surface area contributed by atoms with Crippen LogP contribution in [0.25, 0.3) is 0 Å². The summed E-state index contributed by atoms with van der Waals surface area (Å²) in [5, 5.41) is 12.2. The number of hydrogen-bond acceptors (Lipinski definition) is 4. The monoisotopic (exact) mass is 330 g/mol. The highest BCUT2D eigenvalue weighted by molar-refractivity contribution is 6.31. The van der Waals surface area contributed by atoms with Crippen LogP contribution in [0.5, 0.6) is 11.5 Å². The molecule has 1 N–H and O–H groups in total. The van der Waals surface area contributed by atoms with E-state index in [-0.39, 0.29) is 12.5 Å². The van der Waals surface area contributed by atoms with Crippen LogP contribution in [-0.4, -0.2) is 19.6 Å². The fourth-order valence-electron chi connectivity index (χ4n) is 1.94. The van der Waals surface area contributed by atoms with E-state index in [1.807, 2.05) is 13.0 Å². The predicted octanol–water partition coefficient (Wildman–Crippen LogP) is 3.55. The van der Waals surface area contributed by atoms with Gasteiger partial charge < -0.3 is 14.8 Å². The van der Waals surface area contributed by atoms with E-state index in [1.54, 1.807) is 36.4 Å². The van der Waals surface area contributed by atoms with E-state index in [2.05, 4.69) is 5.32 Å². The Kier molecular flexibility index (Phi) is 5.45. The fourth-order valence-corrected chi connectivity index (χ4v) is 2.10. The first-order valence-corrected chi connectivity index (χ1v) is 7.19. The Hall–Kier alpha value is -2.71. The van der Waals surface area contributed by atoms with Gasteiger partial charge >= 0.3 is 0 Å². The van der Waals surface area contributed by atoms with Gasteiger partial charge in [0.05, 0.1) is 18.4 Å². The Balaban J connectivity index is 2.06. The molecule has 5 nitrogen and oxygen atoms in total. The Labute approximate surface area is 139 Å². The minimum Gasteiger partial charge on any atom is -0.495 e. The summed E-state index contributed by atoms with van der Waals surface area (Å²) in [6, 6.07) is 12.1. The van der Waals surface area contributed by atoms with Gasteiger partial charge in [-0.1, -0.05) is 23.7 Å². The summed E-state index contributed by atoms with van der Waals surface area (Å²) in [5.41, 5.74) is 1.70. The second kappa shape index (κ2) is 7.52. The number of carbonyl (C=O) groups is 1. The van der Waals surface area contributed by atoms with Crippen molar-refractivity contribution in [2.75, 3.05) is 19.0 Å². The second-order valence-corrected chi connectivity index (χ2v) is 5.15. The molecule has 0 aliphatic carbocycles. The highest BCUT2D eigenvalue weighted by Crippen LogP contribution is 2.30. The summed E-state index contributed by atoms with van der Waals surface area (Å²) < 4.78 is 10.6. The Bertz CT molecular complexity index is 769. The third-order valence-electron chi connectivity index (χ3n) is 3.12. The number of para-hydroxylation sites is 1. The van der Waals surface area contributed by atoms with E-state index in [9.17, 15) is 4.79 Å². The van der Waals surface area contributed by atoms with E-state index in [4.69, 9.17) is 26.3 Å². The smallest absolute Gasteiger partial charge is 0.262 e. The van der Waals surface area contributed by atoms with Gasteiger partial charge in [0.25, 0.3) is 5.91 Å². The molecule has 0 aliphatic rings. The van der Waals surface area contributed by atoms with Gasteiger partial charge in [0.2, 0.25) is 0 Å². The zero-order chi connectivity index (χ0) is 16.8. The molecule has 0 saturated heterocycles. The van der Waals surface area contributed by atoms with Crippen LogP contribution in [0.15, 0.2) is 36.4 Å². The van der Waals surface area contributed by atoms with Gasteiger partial charge in [-0.2, -0.15) is 5.26 Å².